The third-order valence-electron chi connectivity index (χ3n) is 11.8. The zero-order valence-corrected chi connectivity index (χ0v) is 38.8. The average molecular weight is 964 g/mol. The van der Waals surface area contributed by atoms with Crippen LogP contribution in [0.4, 0.5) is 0 Å². The van der Waals surface area contributed by atoms with E-state index < -0.39 is 85.9 Å². The summed E-state index contributed by atoms with van der Waals surface area (Å²) in [5, 5.41) is 4.20. The molecule has 6 aromatic rings. The van der Waals surface area contributed by atoms with Gasteiger partial charge in [0.1, 0.15) is 30.5 Å². The van der Waals surface area contributed by atoms with Crippen molar-refractivity contribution in [3.63, 3.8) is 0 Å². The highest BCUT2D eigenvalue weighted by Crippen LogP contribution is 2.35. The summed E-state index contributed by atoms with van der Waals surface area (Å²) >= 11 is 0. The molecule has 16 heteroatoms. The lowest BCUT2D eigenvalue weighted by atomic mass is 9.96. The molecule has 0 radical (unpaired) electrons. The molecule has 8 rings (SSSR count). The van der Waals surface area contributed by atoms with Gasteiger partial charge in [0.2, 0.25) is 0 Å². The monoisotopic (exact) mass is 963 g/mol. The van der Waals surface area contributed by atoms with E-state index in [0.29, 0.717) is 0 Å². The number of azide groups is 1. The minimum Gasteiger partial charge on any atom is -0.452 e. The van der Waals surface area contributed by atoms with Gasteiger partial charge in [-0.15, -0.1) is 0 Å². The number of hydrogen-bond acceptors (Lipinski definition) is 14. The predicted molar refractivity (Wildman–Crippen MR) is 256 cm³/mol. The van der Waals surface area contributed by atoms with Gasteiger partial charge in [-0.1, -0.05) is 151 Å². The summed E-state index contributed by atoms with van der Waals surface area (Å²) in [4.78, 5) is 45.0. The van der Waals surface area contributed by atoms with Crippen molar-refractivity contribution in [3.8, 4) is 0 Å². The molecule has 2 saturated heterocycles. The lowest BCUT2D eigenvalue weighted by molar-refractivity contribution is -0.318. The van der Waals surface area contributed by atoms with E-state index >= 15 is 0 Å². The van der Waals surface area contributed by atoms with E-state index in [2.05, 4.69) is 10.0 Å². The molecule has 71 heavy (non-hydrogen) atoms. The molecule has 6 aromatic carbocycles. The highest BCUT2D eigenvalue weighted by molar-refractivity contribution is 5.91. The van der Waals surface area contributed by atoms with E-state index in [4.69, 9.17) is 47.4 Å². The van der Waals surface area contributed by atoms with Gasteiger partial charge in [0.05, 0.1) is 49.7 Å². The first-order valence-electron chi connectivity index (χ1n) is 23.1. The van der Waals surface area contributed by atoms with Gasteiger partial charge in [-0.3, -0.25) is 0 Å². The zero-order valence-electron chi connectivity index (χ0n) is 38.8. The molecule has 366 valence electrons. The number of ether oxygens (including phenoxy) is 10. The lowest BCUT2D eigenvalue weighted by Crippen LogP contribution is -2.64. The minimum absolute atomic E-state index is 0.00262. The number of hydrogen-bond donors (Lipinski definition) is 0. The first-order chi connectivity index (χ1) is 34.9. The molecule has 2 aliphatic heterocycles. The van der Waals surface area contributed by atoms with E-state index in [1.54, 1.807) is 91.0 Å². The Kier molecular flexibility index (Phi) is 18.1. The molecule has 0 aliphatic carbocycles. The largest absolute Gasteiger partial charge is 0.452 e. The van der Waals surface area contributed by atoms with Crippen LogP contribution in [0.1, 0.15) is 47.8 Å². The van der Waals surface area contributed by atoms with Gasteiger partial charge in [-0.2, -0.15) is 0 Å². The van der Waals surface area contributed by atoms with Crippen LogP contribution in [0.5, 0.6) is 0 Å². The summed E-state index contributed by atoms with van der Waals surface area (Å²) in [6.45, 7) is 0.0542. The third kappa shape index (κ3) is 13.6. The third-order valence-corrected chi connectivity index (χ3v) is 11.8. The summed E-state index contributed by atoms with van der Waals surface area (Å²) in [5.74, 6) is -2.41. The van der Waals surface area contributed by atoms with Gasteiger partial charge in [0.25, 0.3) is 0 Å². The molecule has 0 aromatic heterocycles. The fourth-order valence-corrected chi connectivity index (χ4v) is 8.23. The number of carbonyl (C=O) groups excluding carboxylic acids is 3. The molecule has 2 aliphatic rings. The van der Waals surface area contributed by atoms with Crippen molar-refractivity contribution >= 4 is 17.9 Å². The minimum atomic E-state index is -1.55. The Morgan fingerprint density at radius 3 is 1.32 bits per heavy atom. The van der Waals surface area contributed by atoms with E-state index in [1.807, 2.05) is 91.0 Å². The molecular weight excluding hydrogens is 911 g/mol. The molecular formula is C55H53N3O13. The Balaban J connectivity index is 1.14. The van der Waals surface area contributed by atoms with E-state index in [-0.39, 0.29) is 43.1 Å². The van der Waals surface area contributed by atoms with Crippen LogP contribution in [0, 0.1) is 0 Å². The quantitative estimate of drug-likeness (QED) is 0.0219. The Bertz CT molecular complexity index is 2630. The second-order valence-corrected chi connectivity index (χ2v) is 16.6. The maximum atomic E-state index is 14.1. The fourth-order valence-electron chi connectivity index (χ4n) is 8.23. The molecule has 0 amide bonds. The first kappa shape index (κ1) is 50.2. The van der Waals surface area contributed by atoms with Crippen molar-refractivity contribution < 1.29 is 61.8 Å². The van der Waals surface area contributed by atoms with Crippen molar-refractivity contribution in [2.75, 3.05) is 20.3 Å². The van der Waals surface area contributed by atoms with Crippen LogP contribution in [-0.4, -0.2) is 99.6 Å². The van der Waals surface area contributed by atoms with Crippen LogP contribution in [0.2, 0.25) is 0 Å². The number of benzene rings is 6. The van der Waals surface area contributed by atoms with Crippen LogP contribution in [0.3, 0.4) is 0 Å². The van der Waals surface area contributed by atoms with Gasteiger partial charge in [-0.25, -0.2) is 14.4 Å². The van der Waals surface area contributed by atoms with E-state index in [1.165, 1.54) is 7.11 Å². The standard InChI is InChI=1S/C55H53N3O13/c1-62-55-50(71-53(61)42-30-18-7-19-31-42)49(70-52(60)41-28-16-6-17-29-41)47(69-51(59)40-26-14-5-15-27-40)44(68-55)36-66-54-45(57-58-56)48(65-34-39-24-12-4-13-25-39)46(64-33-38-22-10-3-11-23-38)43(67-54)35-63-32-37-20-8-2-9-21-37/h2-31,43-50,54-55H,32-36H2,1H3/t43-,44-,45-,46-,47-,48-,49+,50-,54-,55+/m1/s1. The molecule has 0 unspecified atom stereocenters. The van der Waals surface area contributed by atoms with Crippen molar-refractivity contribution in [2.24, 2.45) is 5.11 Å². The van der Waals surface area contributed by atoms with Gasteiger partial charge < -0.3 is 47.4 Å². The van der Waals surface area contributed by atoms with Crippen molar-refractivity contribution in [3.05, 3.63) is 226 Å². The number of nitrogens with zero attached hydrogens (tertiary/aromatic N) is 3. The van der Waals surface area contributed by atoms with Crippen molar-refractivity contribution in [2.45, 2.75) is 81.2 Å². The summed E-state index contributed by atoms with van der Waals surface area (Å²) < 4.78 is 63.7. The lowest BCUT2D eigenvalue weighted by Gasteiger charge is -2.46. The average Bonchev–Trinajstić information content (AvgIpc) is 3.42. The SMILES string of the molecule is CO[C@H]1O[C@H](CO[C@@H]2O[C@H](COCc3ccccc3)[C@@H](OCc3ccccc3)[C@H](OCc3ccccc3)[C@H]2N=[N+]=[N-])[C@@H](OC(=O)c2ccccc2)[C@H](OC(=O)c2ccccc2)[C@H]1OC(=O)c1ccccc1. The van der Waals surface area contributed by atoms with Crippen molar-refractivity contribution in [1.29, 1.82) is 0 Å². The predicted octanol–water partition coefficient (Wildman–Crippen LogP) is 8.84. The number of rotatable bonds is 21. The summed E-state index contributed by atoms with van der Waals surface area (Å²) in [5.41, 5.74) is 13.3. The van der Waals surface area contributed by atoms with E-state index in [0.717, 1.165) is 16.7 Å². The molecule has 10 atom stereocenters. The highest BCUT2D eigenvalue weighted by Gasteiger charge is 2.54. The molecule has 0 N–H and O–H groups in total. The van der Waals surface area contributed by atoms with E-state index in [9.17, 15) is 19.9 Å². The Hall–Kier alpha value is -7.24. The first-order valence-corrected chi connectivity index (χ1v) is 23.1. The molecule has 16 nitrogen and oxygen atoms in total. The second-order valence-electron chi connectivity index (χ2n) is 16.6. The van der Waals surface area contributed by atoms with Crippen LogP contribution in [-0.2, 0) is 67.2 Å². The Morgan fingerprint density at radius 2 is 0.859 bits per heavy atom. The highest BCUT2D eigenvalue weighted by atomic mass is 16.7. The molecule has 0 bridgehead atoms. The van der Waals surface area contributed by atoms with Gasteiger partial charge in [0.15, 0.2) is 30.9 Å². The van der Waals surface area contributed by atoms with Crippen LogP contribution >= 0.6 is 0 Å². The molecule has 2 heterocycles. The maximum absolute atomic E-state index is 14.1. The fraction of sp³-hybridized carbons (Fsp3) is 0.291. The van der Waals surface area contributed by atoms with Gasteiger partial charge in [0, 0.05) is 12.0 Å². The summed E-state index contributed by atoms with van der Waals surface area (Å²) in [6, 6.07) is 52.0. The molecule has 0 saturated carbocycles. The number of methoxy groups -OCH3 is 1. The van der Waals surface area contributed by atoms with Crippen LogP contribution < -0.4 is 0 Å². The number of carbonyl (C=O) groups is 3. The topological polar surface area (TPSA) is 192 Å². The summed E-state index contributed by atoms with van der Waals surface area (Å²) in [6.07, 6.45) is -11.4. The second kappa shape index (κ2) is 25.6. The zero-order chi connectivity index (χ0) is 49.2. The normalized spacial score (nSPS) is 23.9. The smallest absolute Gasteiger partial charge is 0.338 e. The maximum Gasteiger partial charge on any atom is 0.338 e. The molecule has 2 fully saturated rings. The van der Waals surface area contributed by atoms with Crippen molar-refractivity contribution in [1.82, 2.24) is 0 Å². The molecule has 0 spiro atoms. The van der Waals surface area contributed by atoms with Crippen LogP contribution in [0.15, 0.2) is 187 Å². The van der Waals surface area contributed by atoms with Crippen LogP contribution in [0.25, 0.3) is 10.4 Å². The summed E-state index contributed by atoms with van der Waals surface area (Å²) in [7, 11) is 1.32. The number of esters is 3. The van der Waals surface area contributed by atoms with Gasteiger partial charge in [-0.05, 0) is 58.6 Å². The Morgan fingerprint density at radius 1 is 0.465 bits per heavy atom. The Labute approximate surface area is 410 Å². The van der Waals surface area contributed by atoms with Gasteiger partial charge >= 0.3 is 17.9 Å².